The zero-order chi connectivity index (χ0) is 8.27. The number of carbonyl (C=O) groups is 1. The van der Waals surface area contributed by atoms with Crippen molar-refractivity contribution >= 4 is 6.29 Å². The molecule has 0 atom stereocenters. The van der Waals surface area contributed by atoms with Crippen molar-refractivity contribution in [2.24, 2.45) is 0 Å². The van der Waals surface area contributed by atoms with E-state index in [-0.39, 0.29) is 5.82 Å². The van der Waals surface area contributed by atoms with Gasteiger partial charge in [0.25, 0.3) is 0 Å². The van der Waals surface area contributed by atoms with Crippen LogP contribution in [-0.2, 0) is 6.42 Å². The summed E-state index contributed by atoms with van der Waals surface area (Å²) >= 11 is 0. The lowest BCUT2D eigenvalue weighted by atomic mass is 10.1. The molecule has 1 nitrogen and oxygen atoms in total. The van der Waals surface area contributed by atoms with E-state index in [4.69, 9.17) is 0 Å². The van der Waals surface area contributed by atoms with Crippen LogP contribution < -0.4 is 0 Å². The Labute approximate surface area is 64.9 Å². The van der Waals surface area contributed by atoms with Crippen LogP contribution >= 0.6 is 0 Å². The van der Waals surface area contributed by atoms with Crippen LogP contribution in [0.25, 0.3) is 0 Å². The standard InChI is InChI=1S/C9H9FO/c1-2-7-5-9(10)4-3-8(7)6-11/h3-6H,2H2,1H3. The Kier molecular flexibility index (Phi) is 2.36. The number of aldehydes is 1. The number of hydrogen-bond acceptors (Lipinski definition) is 1. The highest BCUT2D eigenvalue weighted by Crippen LogP contribution is 2.09. The van der Waals surface area contributed by atoms with E-state index in [0.717, 1.165) is 11.8 Å². The van der Waals surface area contributed by atoms with Crippen molar-refractivity contribution in [3.05, 3.63) is 35.1 Å². The van der Waals surface area contributed by atoms with Gasteiger partial charge in [0.05, 0.1) is 0 Å². The molecule has 11 heavy (non-hydrogen) atoms. The van der Waals surface area contributed by atoms with Gasteiger partial charge in [-0.25, -0.2) is 4.39 Å². The van der Waals surface area contributed by atoms with Crippen molar-refractivity contribution in [2.45, 2.75) is 13.3 Å². The Balaban J connectivity index is 3.16. The van der Waals surface area contributed by atoms with E-state index in [2.05, 4.69) is 0 Å². The molecule has 0 aromatic heterocycles. The monoisotopic (exact) mass is 152 g/mol. The average Bonchev–Trinajstić information content (AvgIpc) is 2.04. The average molecular weight is 152 g/mol. The van der Waals surface area contributed by atoms with E-state index in [0.29, 0.717) is 12.0 Å². The summed E-state index contributed by atoms with van der Waals surface area (Å²) in [5.74, 6) is -0.285. The lowest BCUT2D eigenvalue weighted by molar-refractivity contribution is 0.112. The topological polar surface area (TPSA) is 17.1 Å². The maximum absolute atomic E-state index is 12.6. The molecule has 0 amide bonds. The maximum Gasteiger partial charge on any atom is 0.150 e. The van der Waals surface area contributed by atoms with Crippen LogP contribution in [0.4, 0.5) is 4.39 Å². The van der Waals surface area contributed by atoms with Crippen molar-refractivity contribution in [3.8, 4) is 0 Å². The zero-order valence-corrected chi connectivity index (χ0v) is 6.30. The van der Waals surface area contributed by atoms with Crippen molar-refractivity contribution in [3.63, 3.8) is 0 Å². The molecule has 0 aliphatic heterocycles. The van der Waals surface area contributed by atoms with Crippen LogP contribution in [0.15, 0.2) is 18.2 Å². The Morgan fingerprint density at radius 3 is 2.82 bits per heavy atom. The molecule has 2 heteroatoms. The fraction of sp³-hybridized carbons (Fsp3) is 0.222. The predicted molar refractivity (Wildman–Crippen MR) is 41.2 cm³/mol. The fourth-order valence-corrected chi connectivity index (χ4v) is 0.995. The molecule has 0 N–H and O–H groups in total. The lowest BCUT2D eigenvalue weighted by Crippen LogP contribution is -1.91. The van der Waals surface area contributed by atoms with Crippen LogP contribution in [0.5, 0.6) is 0 Å². The van der Waals surface area contributed by atoms with Gasteiger partial charge < -0.3 is 0 Å². The SMILES string of the molecule is CCc1cc(F)ccc1C=O. The second-order valence-electron chi connectivity index (χ2n) is 2.31. The summed E-state index contributed by atoms with van der Waals surface area (Å²) < 4.78 is 12.6. The quantitative estimate of drug-likeness (QED) is 0.594. The van der Waals surface area contributed by atoms with Gasteiger partial charge in [0.15, 0.2) is 0 Å². The molecule has 0 saturated heterocycles. The van der Waals surface area contributed by atoms with Crippen LogP contribution in [-0.4, -0.2) is 6.29 Å². The predicted octanol–water partition coefficient (Wildman–Crippen LogP) is 2.20. The third kappa shape index (κ3) is 1.64. The van der Waals surface area contributed by atoms with E-state index in [1.807, 2.05) is 6.92 Å². The summed E-state index contributed by atoms with van der Waals surface area (Å²) in [4.78, 5) is 10.4. The minimum absolute atomic E-state index is 0.285. The van der Waals surface area contributed by atoms with Crippen LogP contribution in [0.3, 0.4) is 0 Å². The summed E-state index contributed by atoms with van der Waals surface area (Å²) in [6, 6.07) is 4.19. The van der Waals surface area contributed by atoms with Crippen LogP contribution in [0.2, 0.25) is 0 Å². The molecular weight excluding hydrogens is 143 g/mol. The summed E-state index contributed by atoms with van der Waals surface area (Å²) in [7, 11) is 0. The first-order chi connectivity index (χ1) is 5.27. The van der Waals surface area contributed by atoms with E-state index in [1.54, 1.807) is 0 Å². The number of carbonyl (C=O) groups excluding carboxylic acids is 1. The molecule has 1 aromatic carbocycles. The second-order valence-corrected chi connectivity index (χ2v) is 2.31. The number of hydrogen-bond donors (Lipinski definition) is 0. The Bertz CT molecular complexity index is 268. The zero-order valence-electron chi connectivity index (χ0n) is 6.30. The van der Waals surface area contributed by atoms with Gasteiger partial charge in [-0.05, 0) is 30.2 Å². The van der Waals surface area contributed by atoms with Crippen LogP contribution in [0.1, 0.15) is 22.8 Å². The minimum atomic E-state index is -0.285. The van der Waals surface area contributed by atoms with Crippen molar-refractivity contribution < 1.29 is 9.18 Å². The third-order valence-corrected chi connectivity index (χ3v) is 1.61. The Hall–Kier alpha value is -1.18. The van der Waals surface area contributed by atoms with Crippen LogP contribution in [0, 0.1) is 5.82 Å². The second kappa shape index (κ2) is 3.28. The third-order valence-electron chi connectivity index (χ3n) is 1.61. The van der Waals surface area contributed by atoms with Gasteiger partial charge in [0.1, 0.15) is 12.1 Å². The number of rotatable bonds is 2. The molecule has 0 bridgehead atoms. The molecule has 0 aliphatic rings. The highest BCUT2D eigenvalue weighted by Gasteiger charge is 1.99. The first-order valence-corrected chi connectivity index (χ1v) is 3.51. The number of aryl methyl sites for hydroxylation is 1. The summed E-state index contributed by atoms with van der Waals surface area (Å²) in [6.45, 7) is 1.89. The van der Waals surface area contributed by atoms with Crippen molar-refractivity contribution in [1.82, 2.24) is 0 Å². The fourth-order valence-electron chi connectivity index (χ4n) is 0.995. The summed E-state index contributed by atoms with van der Waals surface area (Å²) in [5.41, 5.74) is 1.34. The highest BCUT2D eigenvalue weighted by atomic mass is 19.1. The van der Waals surface area contributed by atoms with Gasteiger partial charge in [-0.2, -0.15) is 0 Å². The normalized spacial score (nSPS) is 9.64. The Morgan fingerprint density at radius 2 is 2.27 bits per heavy atom. The van der Waals surface area contributed by atoms with Gasteiger partial charge in [-0.1, -0.05) is 6.92 Å². The number of benzene rings is 1. The van der Waals surface area contributed by atoms with Gasteiger partial charge in [-0.15, -0.1) is 0 Å². The van der Waals surface area contributed by atoms with Crippen molar-refractivity contribution in [1.29, 1.82) is 0 Å². The summed E-state index contributed by atoms with van der Waals surface area (Å²) in [5, 5.41) is 0. The molecular formula is C9H9FO. The maximum atomic E-state index is 12.6. The number of halogens is 1. The molecule has 1 rings (SSSR count). The largest absolute Gasteiger partial charge is 0.298 e. The molecule has 0 unspecified atom stereocenters. The van der Waals surface area contributed by atoms with Crippen molar-refractivity contribution in [2.75, 3.05) is 0 Å². The van der Waals surface area contributed by atoms with Gasteiger partial charge in [0.2, 0.25) is 0 Å². The molecule has 0 aliphatic carbocycles. The minimum Gasteiger partial charge on any atom is -0.298 e. The molecule has 0 heterocycles. The molecule has 0 spiro atoms. The first kappa shape index (κ1) is 7.92. The lowest BCUT2D eigenvalue weighted by Gasteiger charge is -1.99. The van der Waals surface area contributed by atoms with E-state index < -0.39 is 0 Å². The smallest absolute Gasteiger partial charge is 0.150 e. The molecule has 58 valence electrons. The molecule has 0 radical (unpaired) electrons. The van der Waals surface area contributed by atoms with Gasteiger partial charge in [0, 0.05) is 5.56 Å². The van der Waals surface area contributed by atoms with E-state index in [1.165, 1.54) is 18.2 Å². The molecule has 0 saturated carbocycles. The highest BCUT2D eigenvalue weighted by molar-refractivity contribution is 5.77. The van der Waals surface area contributed by atoms with Gasteiger partial charge in [-0.3, -0.25) is 4.79 Å². The van der Waals surface area contributed by atoms with E-state index in [9.17, 15) is 9.18 Å². The first-order valence-electron chi connectivity index (χ1n) is 3.51. The van der Waals surface area contributed by atoms with Gasteiger partial charge >= 0.3 is 0 Å². The Morgan fingerprint density at radius 1 is 1.55 bits per heavy atom. The molecule has 0 fully saturated rings. The summed E-state index contributed by atoms with van der Waals surface area (Å²) in [6.07, 6.45) is 1.43. The van der Waals surface area contributed by atoms with E-state index >= 15 is 0 Å². The molecule has 1 aromatic rings.